The van der Waals surface area contributed by atoms with E-state index in [2.05, 4.69) is 17.0 Å². The number of ether oxygens (including phenoxy) is 1. The lowest BCUT2D eigenvalue weighted by molar-refractivity contribution is 0.0303. The number of morpholine rings is 1. The highest BCUT2D eigenvalue weighted by Crippen LogP contribution is 2.27. The molecule has 2 aliphatic heterocycles. The summed E-state index contributed by atoms with van der Waals surface area (Å²) in [6.07, 6.45) is 1.89. The van der Waals surface area contributed by atoms with Crippen molar-refractivity contribution in [2.24, 2.45) is 5.41 Å². The fourth-order valence-corrected chi connectivity index (χ4v) is 4.48. The van der Waals surface area contributed by atoms with Crippen molar-refractivity contribution >= 4 is 28.3 Å². The molecule has 3 rings (SSSR count). The maximum Gasteiger partial charge on any atom is 0.254 e. The number of nitrogens with zero attached hydrogens (tertiary/aromatic N) is 1. The molecule has 0 saturated carbocycles. The highest BCUT2D eigenvalue weighted by Gasteiger charge is 2.29. The van der Waals surface area contributed by atoms with Crippen LogP contribution in [0.4, 0.5) is 0 Å². The highest BCUT2D eigenvalue weighted by atomic mass is 35.5. The van der Waals surface area contributed by atoms with Crippen LogP contribution in [0.1, 0.15) is 30.1 Å². The number of benzene rings is 1. The monoisotopic (exact) mass is 417 g/mol. The van der Waals surface area contributed by atoms with Crippen LogP contribution < -0.4 is 10.0 Å². The average molecular weight is 418 g/mol. The molecule has 0 aromatic heterocycles. The molecule has 152 valence electrons. The van der Waals surface area contributed by atoms with Crippen LogP contribution in [0.5, 0.6) is 0 Å². The lowest BCUT2D eigenvalue weighted by Crippen LogP contribution is -2.42. The zero-order valence-electron chi connectivity index (χ0n) is 15.6. The molecule has 2 saturated heterocycles. The number of rotatable bonds is 5. The molecule has 1 amide bonds. The molecule has 7 nitrogen and oxygen atoms in total. The molecule has 27 heavy (non-hydrogen) atoms. The Labute approximate surface area is 167 Å². The van der Waals surface area contributed by atoms with Gasteiger partial charge in [0.25, 0.3) is 5.91 Å². The molecule has 0 bridgehead atoms. The summed E-state index contributed by atoms with van der Waals surface area (Å²) in [5.41, 5.74) is 0.473. The van der Waals surface area contributed by atoms with E-state index in [1.807, 2.05) is 0 Å². The number of carbonyl (C=O) groups excluding carboxylic acids is 1. The second-order valence-electron chi connectivity index (χ2n) is 7.31. The van der Waals surface area contributed by atoms with E-state index >= 15 is 0 Å². The van der Waals surface area contributed by atoms with Gasteiger partial charge >= 0.3 is 0 Å². The summed E-state index contributed by atoms with van der Waals surface area (Å²) in [5.74, 6) is -0.0903. The predicted octanol–water partition coefficient (Wildman–Crippen LogP) is 1.25. The Hall–Kier alpha value is -1.19. The van der Waals surface area contributed by atoms with Crippen molar-refractivity contribution < 1.29 is 17.9 Å². The van der Waals surface area contributed by atoms with Gasteiger partial charge in [0.2, 0.25) is 10.0 Å². The third-order valence-corrected chi connectivity index (χ3v) is 6.63. The molecule has 2 aliphatic rings. The molecular weight excluding hydrogens is 390 g/mol. The topological polar surface area (TPSA) is 87.7 Å². The smallest absolute Gasteiger partial charge is 0.254 e. The Morgan fingerprint density at radius 3 is 2.37 bits per heavy atom. The Balaban J connectivity index is 0.00000261. The first-order valence-electron chi connectivity index (χ1n) is 9.07. The third kappa shape index (κ3) is 5.65. The van der Waals surface area contributed by atoms with E-state index in [0.717, 1.165) is 25.9 Å². The van der Waals surface area contributed by atoms with Crippen LogP contribution in [0.3, 0.4) is 0 Å². The average Bonchev–Trinajstić information content (AvgIpc) is 2.67. The minimum atomic E-state index is -3.58. The van der Waals surface area contributed by atoms with E-state index in [9.17, 15) is 13.2 Å². The minimum Gasteiger partial charge on any atom is -0.378 e. The lowest BCUT2D eigenvalue weighted by Gasteiger charge is -2.34. The quantitative estimate of drug-likeness (QED) is 0.752. The van der Waals surface area contributed by atoms with Gasteiger partial charge in [0.1, 0.15) is 0 Å². The van der Waals surface area contributed by atoms with Gasteiger partial charge in [0, 0.05) is 25.2 Å². The lowest BCUT2D eigenvalue weighted by atomic mass is 9.81. The molecule has 0 spiro atoms. The second-order valence-corrected chi connectivity index (χ2v) is 9.08. The van der Waals surface area contributed by atoms with Crippen LogP contribution in [0.15, 0.2) is 29.2 Å². The summed E-state index contributed by atoms with van der Waals surface area (Å²) < 4.78 is 33.1. The van der Waals surface area contributed by atoms with Gasteiger partial charge in [-0.3, -0.25) is 4.79 Å². The number of sulfonamides is 1. The number of carbonyl (C=O) groups is 1. The zero-order valence-corrected chi connectivity index (χ0v) is 17.2. The van der Waals surface area contributed by atoms with Crippen LogP contribution in [0.25, 0.3) is 0 Å². The largest absolute Gasteiger partial charge is 0.378 e. The van der Waals surface area contributed by atoms with Crippen LogP contribution >= 0.6 is 12.4 Å². The van der Waals surface area contributed by atoms with Gasteiger partial charge in [-0.15, -0.1) is 12.4 Å². The van der Waals surface area contributed by atoms with Crippen molar-refractivity contribution in [3.8, 4) is 0 Å². The third-order valence-electron chi connectivity index (χ3n) is 5.21. The molecule has 2 fully saturated rings. The second kappa shape index (κ2) is 9.34. The molecule has 1 aromatic rings. The van der Waals surface area contributed by atoms with Gasteiger partial charge in [-0.2, -0.15) is 0 Å². The van der Waals surface area contributed by atoms with E-state index in [-0.39, 0.29) is 28.6 Å². The van der Waals surface area contributed by atoms with Gasteiger partial charge in [0.15, 0.2) is 0 Å². The maximum atomic E-state index is 12.6. The zero-order chi connectivity index (χ0) is 18.6. The normalized spacial score (nSPS) is 20.0. The van der Waals surface area contributed by atoms with E-state index in [1.54, 1.807) is 17.0 Å². The summed E-state index contributed by atoms with van der Waals surface area (Å²) in [5, 5.41) is 3.29. The van der Waals surface area contributed by atoms with Crippen LogP contribution in [0.2, 0.25) is 0 Å². The van der Waals surface area contributed by atoms with Crippen molar-refractivity contribution in [2.75, 3.05) is 45.9 Å². The predicted molar refractivity (Wildman–Crippen MR) is 106 cm³/mol. The van der Waals surface area contributed by atoms with Crippen molar-refractivity contribution in [2.45, 2.75) is 24.7 Å². The first kappa shape index (κ1) is 22.1. The Morgan fingerprint density at radius 2 is 1.78 bits per heavy atom. The van der Waals surface area contributed by atoms with Crippen molar-refractivity contribution in [3.63, 3.8) is 0 Å². The molecule has 2 N–H and O–H groups in total. The van der Waals surface area contributed by atoms with E-state index in [4.69, 9.17) is 4.74 Å². The molecule has 0 radical (unpaired) electrons. The van der Waals surface area contributed by atoms with E-state index in [0.29, 0.717) is 38.4 Å². The van der Waals surface area contributed by atoms with Crippen molar-refractivity contribution in [1.29, 1.82) is 0 Å². The SMILES string of the molecule is CC1(CNS(=O)(=O)c2ccc(C(=O)N3CCOCC3)cc2)CCNCC1.Cl. The fourth-order valence-electron chi connectivity index (χ4n) is 3.29. The Bertz CT molecular complexity index is 727. The van der Waals surface area contributed by atoms with Crippen LogP contribution in [-0.4, -0.2) is 65.2 Å². The summed E-state index contributed by atoms with van der Waals surface area (Å²) in [6, 6.07) is 6.17. The van der Waals surface area contributed by atoms with Crippen molar-refractivity contribution in [3.05, 3.63) is 29.8 Å². The molecule has 0 atom stereocenters. The first-order valence-corrected chi connectivity index (χ1v) is 10.6. The molecule has 2 heterocycles. The number of halogens is 1. The molecule has 0 aliphatic carbocycles. The van der Waals surface area contributed by atoms with Gasteiger partial charge < -0.3 is 15.0 Å². The van der Waals surface area contributed by atoms with Crippen LogP contribution in [0, 0.1) is 5.41 Å². The maximum absolute atomic E-state index is 12.6. The highest BCUT2D eigenvalue weighted by molar-refractivity contribution is 7.89. The van der Waals surface area contributed by atoms with Crippen molar-refractivity contribution in [1.82, 2.24) is 14.9 Å². The molecule has 9 heteroatoms. The van der Waals surface area contributed by atoms with Gasteiger partial charge in [0.05, 0.1) is 18.1 Å². The summed E-state index contributed by atoms with van der Waals surface area (Å²) in [4.78, 5) is 14.3. The number of hydrogen-bond donors (Lipinski definition) is 2. The summed E-state index contributed by atoms with van der Waals surface area (Å²) in [7, 11) is -3.58. The fraction of sp³-hybridized carbons (Fsp3) is 0.611. The van der Waals surface area contributed by atoms with Gasteiger partial charge in [-0.05, 0) is 55.6 Å². The number of amides is 1. The minimum absolute atomic E-state index is 0. The Morgan fingerprint density at radius 1 is 1.19 bits per heavy atom. The molecule has 0 unspecified atom stereocenters. The van der Waals surface area contributed by atoms with Crippen LogP contribution in [-0.2, 0) is 14.8 Å². The van der Waals surface area contributed by atoms with Gasteiger partial charge in [-0.1, -0.05) is 6.92 Å². The standard InChI is InChI=1S/C18H27N3O4S.ClH/c1-18(6-8-19-9-7-18)14-20-26(23,24)16-4-2-15(3-5-16)17(22)21-10-12-25-13-11-21;/h2-5,19-20H,6-14H2,1H3;1H. The first-order chi connectivity index (χ1) is 12.4. The van der Waals surface area contributed by atoms with Gasteiger partial charge in [-0.25, -0.2) is 13.1 Å². The number of piperidine rings is 1. The summed E-state index contributed by atoms with van der Waals surface area (Å²) >= 11 is 0. The number of nitrogens with one attached hydrogen (secondary N) is 2. The molecular formula is C18H28ClN3O4S. The molecule has 1 aromatic carbocycles. The number of hydrogen-bond acceptors (Lipinski definition) is 5. The van der Waals surface area contributed by atoms with E-state index in [1.165, 1.54) is 12.1 Å². The van der Waals surface area contributed by atoms with E-state index < -0.39 is 10.0 Å². The summed E-state index contributed by atoms with van der Waals surface area (Å²) in [6.45, 7) is 6.56. The Kier molecular flexibility index (Phi) is 7.64.